The highest BCUT2D eigenvalue weighted by atomic mass is 16.5. The molecule has 1 aliphatic rings. The molecule has 1 aromatic carbocycles. The van der Waals surface area contributed by atoms with Crippen LogP contribution in [0.15, 0.2) is 22.8 Å². The maximum atomic E-state index is 13.0. The van der Waals surface area contributed by atoms with Gasteiger partial charge in [-0.2, -0.15) is 0 Å². The predicted molar refractivity (Wildman–Crippen MR) is 116 cm³/mol. The Morgan fingerprint density at radius 2 is 2.03 bits per heavy atom. The molecule has 0 spiro atoms. The Hall–Kier alpha value is -2.76. The molecule has 1 unspecified atom stereocenters. The number of nitrogens with zero attached hydrogens (tertiary/aromatic N) is 1. The average Bonchev–Trinajstić information content (AvgIpc) is 3.11. The molecule has 0 radical (unpaired) electrons. The lowest BCUT2D eigenvalue weighted by molar-refractivity contribution is -0.150. The third-order valence-corrected chi connectivity index (χ3v) is 5.64. The Labute approximate surface area is 177 Å². The maximum absolute atomic E-state index is 13.0. The normalized spacial score (nSPS) is 17.3. The third kappa shape index (κ3) is 4.37. The number of piperidine rings is 1. The van der Waals surface area contributed by atoms with Gasteiger partial charge in [-0.05, 0) is 64.7 Å². The van der Waals surface area contributed by atoms with Crippen LogP contribution in [0.3, 0.4) is 0 Å². The summed E-state index contributed by atoms with van der Waals surface area (Å²) in [7, 11) is 0. The Kier molecular flexibility index (Phi) is 6.85. The number of allylic oxidation sites excluding steroid dienone is 1. The number of aryl methyl sites for hydroxylation is 2. The van der Waals surface area contributed by atoms with E-state index in [1.165, 1.54) is 0 Å². The van der Waals surface area contributed by atoms with Crippen LogP contribution in [0, 0.1) is 19.8 Å². The lowest BCUT2D eigenvalue weighted by atomic mass is 9.97. The maximum Gasteiger partial charge on any atom is 0.310 e. The van der Waals surface area contributed by atoms with Crippen LogP contribution in [-0.4, -0.2) is 43.1 Å². The second-order valence-electron chi connectivity index (χ2n) is 7.81. The van der Waals surface area contributed by atoms with Crippen LogP contribution < -0.4 is 4.74 Å². The minimum Gasteiger partial charge on any atom is -0.493 e. The van der Waals surface area contributed by atoms with Gasteiger partial charge in [0.15, 0.2) is 0 Å². The van der Waals surface area contributed by atoms with Crippen molar-refractivity contribution in [1.82, 2.24) is 4.90 Å². The van der Waals surface area contributed by atoms with E-state index in [2.05, 4.69) is 0 Å². The number of benzene rings is 1. The number of carbonyl (C=O) groups is 2. The molecule has 162 valence electrons. The lowest BCUT2D eigenvalue weighted by Crippen LogP contribution is -2.42. The molecule has 1 aliphatic heterocycles. The number of rotatable bonds is 6. The van der Waals surface area contributed by atoms with Crippen LogP contribution in [0.25, 0.3) is 16.5 Å². The number of esters is 1. The van der Waals surface area contributed by atoms with Gasteiger partial charge < -0.3 is 18.8 Å². The molecule has 0 aliphatic carbocycles. The van der Waals surface area contributed by atoms with Crippen molar-refractivity contribution < 1.29 is 23.5 Å². The first kappa shape index (κ1) is 21.9. The van der Waals surface area contributed by atoms with E-state index in [1.807, 2.05) is 33.8 Å². The monoisotopic (exact) mass is 413 g/mol. The molecule has 1 amide bonds. The van der Waals surface area contributed by atoms with Crippen LogP contribution in [0.4, 0.5) is 0 Å². The first-order chi connectivity index (χ1) is 14.4. The summed E-state index contributed by atoms with van der Waals surface area (Å²) in [6.07, 6.45) is 4.94. The van der Waals surface area contributed by atoms with Gasteiger partial charge in [0.25, 0.3) is 0 Å². The van der Waals surface area contributed by atoms with E-state index in [9.17, 15) is 9.59 Å². The molecule has 0 N–H and O–H groups in total. The Morgan fingerprint density at radius 1 is 1.27 bits per heavy atom. The second-order valence-corrected chi connectivity index (χ2v) is 7.81. The van der Waals surface area contributed by atoms with Gasteiger partial charge in [0.2, 0.25) is 5.91 Å². The van der Waals surface area contributed by atoms with Crippen molar-refractivity contribution >= 4 is 28.4 Å². The molecule has 6 nitrogen and oxygen atoms in total. The summed E-state index contributed by atoms with van der Waals surface area (Å²) in [5.41, 5.74) is 4.50. The van der Waals surface area contributed by atoms with Crippen LogP contribution in [0.5, 0.6) is 5.75 Å². The number of fused-ring (bicyclic) bond motifs is 1. The van der Waals surface area contributed by atoms with Crippen molar-refractivity contribution in [1.29, 1.82) is 0 Å². The van der Waals surface area contributed by atoms with Gasteiger partial charge in [0.05, 0.1) is 25.4 Å². The second kappa shape index (κ2) is 9.37. The Bertz CT molecular complexity index is 972. The van der Waals surface area contributed by atoms with E-state index in [1.54, 1.807) is 24.2 Å². The number of ether oxygens (including phenoxy) is 2. The highest BCUT2D eigenvalue weighted by molar-refractivity contribution is 5.98. The number of furan rings is 1. The summed E-state index contributed by atoms with van der Waals surface area (Å²) >= 11 is 0. The zero-order chi connectivity index (χ0) is 21.8. The summed E-state index contributed by atoms with van der Waals surface area (Å²) in [5, 5.41) is 1.02. The van der Waals surface area contributed by atoms with E-state index in [0.717, 1.165) is 51.8 Å². The smallest absolute Gasteiger partial charge is 0.310 e. The van der Waals surface area contributed by atoms with Gasteiger partial charge in [-0.25, -0.2) is 0 Å². The Balaban J connectivity index is 1.89. The van der Waals surface area contributed by atoms with Crippen LogP contribution in [0.2, 0.25) is 0 Å². The molecule has 0 bridgehead atoms. The number of carbonyl (C=O) groups excluding carboxylic acids is 2. The van der Waals surface area contributed by atoms with Crippen molar-refractivity contribution in [3.63, 3.8) is 0 Å². The van der Waals surface area contributed by atoms with E-state index >= 15 is 0 Å². The molecule has 1 atom stereocenters. The zero-order valence-electron chi connectivity index (χ0n) is 18.5. The van der Waals surface area contributed by atoms with E-state index in [4.69, 9.17) is 13.9 Å². The molecule has 2 heterocycles. The van der Waals surface area contributed by atoms with Gasteiger partial charge in [-0.3, -0.25) is 9.59 Å². The van der Waals surface area contributed by atoms with Crippen LogP contribution >= 0.6 is 0 Å². The number of hydrogen-bond acceptors (Lipinski definition) is 5. The Morgan fingerprint density at radius 3 is 2.73 bits per heavy atom. The van der Waals surface area contributed by atoms with Gasteiger partial charge in [0.1, 0.15) is 11.3 Å². The molecule has 1 saturated heterocycles. The van der Waals surface area contributed by atoms with Crippen molar-refractivity contribution in [3.8, 4) is 5.75 Å². The zero-order valence-corrected chi connectivity index (χ0v) is 18.5. The molecule has 1 aromatic heterocycles. The van der Waals surface area contributed by atoms with E-state index in [0.29, 0.717) is 26.3 Å². The first-order valence-electron chi connectivity index (χ1n) is 10.7. The van der Waals surface area contributed by atoms with Gasteiger partial charge in [-0.1, -0.05) is 0 Å². The van der Waals surface area contributed by atoms with Crippen molar-refractivity contribution in [2.24, 2.45) is 5.92 Å². The fraction of sp³-hybridized carbons (Fsp3) is 0.500. The number of likely N-dealkylation sites (tertiary alicyclic amines) is 1. The minimum atomic E-state index is -0.248. The summed E-state index contributed by atoms with van der Waals surface area (Å²) < 4.78 is 16.8. The quantitative estimate of drug-likeness (QED) is 0.509. The molecule has 1 fully saturated rings. The highest BCUT2D eigenvalue weighted by Gasteiger charge is 2.29. The topological polar surface area (TPSA) is 69.0 Å². The number of hydrogen-bond donors (Lipinski definition) is 0. The first-order valence-corrected chi connectivity index (χ1v) is 10.7. The minimum absolute atomic E-state index is 0.0920. The standard InChI is InChI=1S/C24H31NO5/c1-6-28-22-17(5)23-20(16(4)14-30-23)12-19(22)15(3)11-21(26)25-10-8-9-18(13-25)24(27)29-7-2/h11-12,14,18H,6-10,13H2,1-5H3/b15-11+. The summed E-state index contributed by atoms with van der Waals surface area (Å²) in [4.78, 5) is 26.8. The molecule has 6 heteroatoms. The summed E-state index contributed by atoms with van der Waals surface area (Å²) in [5.74, 6) is 0.183. The molecule has 2 aromatic rings. The number of amides is 1. The van der Waals surface area contributed by atoms with E-state index < -0.39 is 0 Å². The van der Waals surface area contributed by atoms with Gasteiger partial charge >= 0.3 is 5.97 Å². The van der Waals surface area contributed by atoms with Crippen LogP contribution in [0.1, 0.15) is 50.3 Å². The molecule has 0 saturated carbocycles. The van der Waals surface area contributed by atoms with Crippen molar-refractivity contribution in [2.45, 2.75) is 47.5 Å². The van der Waals surface area contributed by atoms with Crippen molar-refractivity contribution in [3.05, 3.63) is 35.1 Å². The molecular weight excluding hydrogens is 382 g/mol. The molecule has 3 rings (SSSR count). The largest absolute Gasteiger partial charge is 0.493 e. The van der Waals surface area contributed by atoms with Gasteiger partial charge in [-0.15, -0.1) is 0 Å². The SMILES string of the molecule is CCOC(=O)C1CCCN(C(=O)/C=C(\C)c2cc3c(C)coc3c(C)c2OCC)C1. The fourth-order valence-corrected chi connectivity index (χ4v) is 4.05. The molecule has 30 heavy (non-hydrogen) atoms. The highest BCUT2D eigenvalue weighted by Crippen LogP contribution is 2.37. The molecular formula is C24H31NO5. The van der Waals surface area contributed by atoms with Crippen LogP contribution in [-0.2, 0) is 14.3 Å². The third-order valence-electron chi connectivity index (χ3n) is 5.64. The van der Waals surface area contributed by atoms with E-state index in [-0.39, 0.29) is 17.8 Å². The fourth-order valence-electron chi connectivity index (χ4n) is 4.05. The summed E-state index contributed by atoms with van der Waals surface area (Å²) in [6.45, 7) is 11.6. The lowest BCUT2D eigenvalue weighted by Gasteiger charge is -2.31. The van der Waals surface area contributed by atoms with Crippen molar-refractivity contribution in [2.75, 3.05) is 26.3 Å². The predicted octanol–water partition coefficient (Wildman–Crippen LogP) is 4.65. The average molecular weight is 414 g/mol. The summed E-state index contributed by atoms with van der Waals surface area (Å²) in [6, 6.07) is 2.03. The van der Waals surface area contributed by atoms with Gasteiger partial charge in [0, 0.05) is 35.7 Å².